The molecule has 9 heavy (non-hydrogen) atoms. The molecule has 0 rings (SSSR count). The molecule has 0 aromatic heterocycles. The van der Waals surface area contributed by atoms with E-state index >= 15 is 0 Å². The van der Waals surface area contributed by atoms with Crippen LogP contribution in [0.2, 0.25) is 0 Å². The van der Waals surface area contributed by atoms with Crippen LogP contribution < -0.4 is 59.1 Å². The zero-order chi connectivity index (χ0) is 6.71. The normalized spacial score (nSPS) is 3.33. The quantitative estimate of drug-likeness (QED) is 0.126. The molecular formula is H4Na2O6S. The molecule has 0 saturated carbocycles. The molecule has 0 aliphatic heterocycles. The topological polar surface area (TPSA) is 127 Å². The van der Waals surface area contributed by atoms with Crippen LogP contribution >= 0.6 is 12.3 Å². The average Bonchev–Trinajstić information content (AvgIpc) is 1.78. The summed E-state index contributed by atoms with van der Waals surface area (Å²) in [7, 11) is 0. The van der Waals surface area contributed by atoms with Gasteiger partial charge in [0.05, 0.1) is 0 Å². The van der Waals surface area contributed by atoms with Crippen LogP contribution in [0.5, 0.6) is 0 Å². The van der Waals surface area contributed by atoms with Gasteiger partial charge in [-0.25, -0.2) is 0 Å². The first-order chi connectivity index (χ1) is 3.41. The first-order valence-electron chi connectivity index (χ1n) is 0.733. The summed E-state index contributed by atoms with van der Waals surface area (Å²) in [5, 5.41) is 24.0. The third-order valence-corrected chi connectivity index (χ3v) is 0. The fraction of sp³-hybridized carbons (Fsp3) is 0. The van der Waals surface area contributed by atoms with Crippen molar-refractivity contribution in [1.29, 1.82) is 0 Å². The Bertz CT molecular complexity index is 11.0. The van der Waals surface area contributed by atoms with Gasteiger partial charge in [0, 0.05) is 0 Å². The summed E-state index contributed by atoms with van der Waals surface area (Å²) < 4.78 is 16.6. The molecule has 0 heterocycles. The van der Waals surface area contributed by atoms with E-state index in [2.05, 4.69) is 0 Å². The Morgan fingerprint density at radius 1 is 0.778 bits per heavy atom. The van der Waals surface area contributed by atoms with Gasteiger partial charge in [0.1, 0.15) is 0 Å². The van der Waals surface area contributed by atoms with Gasteiger partial charge in [-0.3, -0.25) is 21.0 Å². The van der Waals surface area contributed by atoms with Crippen molar-refractivity contribution in [3.05, 3.63) is 0 Å². The molecule has 0 radical (unpaired) electrons. The Hall–Kier alpha value is 2.11. The molecule has 0 unspecified atom stereocenters. The van der Waals surface area contributed by atoms with E-state index in [9.17, 15) is 0 Å². The summed E-state index contributed by atoms with van der Waals surface area (Å²) in [5.41, 5.74) is 0. The first kappa shape index (κ1) is 30.4. The van der Waals surface area contributed by atoms with Gasteiger partial charge in [-0.2, -0.15) is 0 Å². The second-order valence-corrected chi connectivity index (χ2v) is 0.204. The third-order valence-electron chi connectivity index (χ3n) is 0. The van der Waals surface area contributed by atoms with Gasteiger partial charge in [-0.05, 0) is 0 Å². The van der Waals surface area contributed by atoms with Gasteiger partial charge in [0.2, 0.25) is 0 Å². The number of rotatable bonds is 0. The van der Waals surface area contributed by atoms with Crippen molar-refractivity contribution in [2.75, 3.05) is 0 Å². The van der Waals surface area contributed by atoms with Crippen LogP contribution in [-0.4, -0.2) is 30.1 Å². The summed E-state index contributed by atoms with van der Waals surface area (Å²) in [6, 6.07) is 0. The first-order valence-corrected chi connectivity index (χ1v) is 1.40. The fourth-order valence-electron chi connectivity index (χ4n) is 0. The van der Waals surface area contributed by atoms with E-state index in [1.165, 1.54) is 0 Å². The van der Waals surface area contributed by atoms with Gasteiger partial charge < -0.3 is 21.4 Å². The molecule has 48 valence electrons. The molecule has 0 aromatic rings. The summed E-state index contributed by atoms with van der Waals surface area (Å²) in [6.45, 7) is 0. The van der Waals surface area contributed by atoms with E-state index in [4.69, 9.17) is 30.1 Å². The molecule has 0 saturated heterocycles. The van der Waals surface area contributed by atoms with Crippen LogP contribution in [0.25, 0.3) is 0 Å². The van der Waals surface area contributed by atoms with Gasteiger partial charge in [0.25, 0.3) is 0 Å². The monoisotopic (exact) mass is 178 g/mol. The van der Waals surface area contributed by atoms with Gasteiger partial charge in [0.15, 0.2) is 0 Å². The molecule has 4 N–H and O–H groups in total. The van der Waals surface area contributed by atoms with Crippen LogP contribution in [0.15, 0.2) is 0 Å². The van der Waals surface area contributed by atoms with Gasteiger partial charge >= 0.3 is 59.1 Å². The van der Waals surface area contributed by atoms with E-state index in [0.29, 0.717) is 0 Å². The van der Waals surface area contributed by atoms with Crippen molar-refractivity contribution in [1.82, 2.24) is 0 Å². The Labute approximate surface area is 100 Å². The van der Waals surface area contributed by atoms with Crippen molar-refractivity contribution in [3.63, 3.8) is 0 Å². The van der Waals surface area contributed by atoms with E-state index in [-0.39, 0.29) is 59.1 Å². The molecule has 0 spiro atoms. The number of hydrogen-bond acceptors (Lipinski definition) is 7. The zero-order valence-corrected chi connectivity index (χ0v) is 9.83. The Morgan fingerprint density at radius 2 is 0.778 bits per heavy atom. The van der Waals surface area contributed by atoms with E-state index < -0.39 is 12.3 Å². The molecule has 0 amide bonds. The van der Waals surface area contributed by atoms with E-state index in [1.807, 2.05) is 0 Å². The van der Waals surface area contributed by atoms with Crippen molar-refractivity contribution in [3.8, 4) is 0 Å². The molecular weight excluding hydrogens is 174 g/mol. The Morgan fingerprint density at radius 3 is 0.778 bits per heavy atom. The summed E-state index contributed by atoms with van der Waals surface area (Å²) >= 11 is -0.750. The largest absolute Gasteiger partial charge is 1.00 e. The van der Waals surface area contributed by atoms with Crippen LogP contribution in [0.4, 0.5) is 0 Å². The Balaban J connectivity index is -0.00000000825. The van der Waals surface area contributed by atoms with Crippen molar-refractivity contribution in [2.45, 2.75) is 0 Å². The second kappa shape index (κ2) is 86.7. The van der Waals surface area contributed by atoms with E-state index in [0.717, 1.165) is 0 Å². The minimum absolute atomic E-state index is 0. The number of hydrogen-bond donors (Lipinski definition) is 4. The zero-order valence-electron chi connectivity index (χ0n) is 5.01. The van der Waals surface area contributed by atoms with Crippen molar-refractivity contribution >= 4 is 12.3 Å². The molecule has 0 aliphatic rings. The maximum absolute atomic E-state index is 8.29. The minimum atomic E-state index is -0.750. The fourth-order valence-corrected chi connectivity index (χ4v) is 0. The van der Waals surface area contributed by atoms with Crippen LogP contribution in [0.3, 0.4) is 0 Å². The molecule has 0 aliphatic carbocycles. The van der Waals surface area contributed by atoms with Crippen LogP contribution in [0, 0.1) is 0 Å². The SMILES string of the molecule is OO.OO.[Na+].[Na+].[O-]S[O-]. The summed E-state index contributed by atoms with van der Waals surface area (Å²) in [5.74, 6) is 0. The predicted molar refractivity (Wildman–Crippen MR) is 19.7 cm³/mol. The van der Waals surface area contributed by atoms with Crippen LogP contribution in [0.1, 0.15) is 0 Å². The molecule has 0 atom stereocenters. The maximum atomic E-state index is 8.29. The second-order valence-electron chi connectivity index (χ2n) is 0.0680. The standard InChI is InChI=1S/2Na.H2O2S.2H2O2/c;;1-3-2;2*1-2/h;;1-2H;2*1-2H/q2*+1;;;/p-2. The van der Waals surface area contributed by atoms with Crippen molar-refractivity contribution in [2.24, 2.45) is 0 Å². The smallest absolute Gasteiger partial charge is 0.811 e. The molecule has 9 heteroatoms. The molecule has 0 fully saturated rings. The summed E-state index contributed by atoms with van der Waals surface area (Å²) in [6.07, 6.45) is 0. The van der Waals surface area contributed by atoms with Gasteiger partial charge in [-0.15, -0.1) is 0 Å². The van der Waals surface area contributed by atoms with Crippen molar-refractivity contribution < 1.29 is 89.2 Å². The minimum Gasteiger partial charge on any atom is -0.811 e. The van der Waals surface area contributed by atoms with E-state index in [1.54, 1.807) is 0 Å². The Kier molecular flexibility index (Phi) is 293. The maximum Gasteiger partial charge on any atom is 1.00 e. The molecule has 0 bridgehead atoms. The van der Waals surface area contributed by atoms with Gasteiger partial charge in [-0.1, -0.05) is 0 Å². The third kappa shape index (κ3) is 149. The average molecular weight is 178 g/mol. The molecule has 0 aromatic carbocycles. The predicted octanol–water partition coefficient (Wildman–Crippen LogP) is -5.98. The van der Waals surface area contributed by atoms with Crippen LogP contribution in [-0.2, 0) is 0 Å². The summed E-state index contributed by atoms with van der Waals surface area (Å²) in [4.78, 5) is 0. The molecule has 6 nitrogen and oxygen atoms in total.